The maximum absolute atomic E-state index is 13.1. The van der Waals surface area contributed by atoms with Crippen LogP contribution < -0.4 is 0 Å². The van der Waals surface area contributed by atoms with E-state index < -0.39 is 21.8 Å². The van der Waals surface area contributed by atoms with E-state index in [1.807, 2.05) is 0 Å². The summed E-state index contributed by atoms with van der Waals surface area (Å²) in [5, 5.41) is 0.147. The van der Waals surface area contributed by atoms with E-state index in [0.29, 0.717) is 18.7 Å². The third kappa shape index (κ3) is 4.97. The number of esters is 1. The number of rotatable bonds is 5. The Labute approximate surface area is 179 Å². The molecule has 10 heteroatoms. The molecule has 1 saturated heterocycles. The van der Waals surface area contributed by atoms with Crippen molar-refractivity contribution in [1.29, 1.82) is 0 Å². The minimum atomic E-state index is -3.73. The Bertz CT molecular complexity index is 1050. The number of nitrogens with zero attached hydrogens (tertiary/aromatic N) is 2. The van der Waals surface area contributed by atoms with E-state index in [2.05, 4.69) is 0 Å². The van der Waals surface area contributed by atoms with Gasteiger partial charge in [-0.2, -0.15) is 4.31 Å². The number of amides is 1. The van der Waals surface area contributed by atoms with Crippen molar-refractivity contribution in [3.63, 3.8) is 0 Å². The first-order chi connectivity index (χ1) is 14.2. The van der Waals surface area contributed by atoms with Crippen LogP contribution in [0.2, 0.25) is 5.02 Å². The summed E-state index contributed by atoms with van der Waals surface area (Å²) in [6.07, 6.45) is 0. The number of sulfonamides is 1. The fourth-order valence-corrected chi connectivity index (χ4v) is 4.66. The second-order valence-electron chi connectivity index (χ2n) is 6.75. The molecule has 1 aliphatic heterocycles. The molecule has 2 aromatic carbocycles. The van der Waals surface area contributed by atoms with E-state index in [1.165, 1.54) is 47.6 Å². The summed E-state index contributed by atoms with van der Waals surface area (Å²) in [5.41, 5.74) is 0.629. The van der Waals surface area contributed by atoms with Crippen molar-refractivity contribution < 1.29 is 27.1 Å². The van der Waals surface area contributed by atoms with Crippen molar-refractivity contribution in [2.45, 2.75) is 18.4 Å². The summed E-state index contributed by atoms with van der Waals surface area (Å²) >= 11 is 5.91. The molecule has 0 bridgehead atoms. The van der Waals surface area contributed by atoms with Gasteiger partial charge in [0.05, 0.1) is 15.5 Å². The highest BCUT2D eigenvalue weighted by atomic mass is 35.5. The Kier molecular flexibility index (Phi) is 6.74. The molecule has 0 saturated carbocycles. The molecule has 0 unspecified atom stereocenters. The molecule has 1 amide bonds. The molecule has 0 atom stereocenters. The van der Waals surface area contributed by atoms with Gasteiger partial charge in [0, 0.05) is 38.7 Å². The van der Waals surface area contributed by atoms with Gasteiger partial charge in [0.15, 0.2) is 0 Å². The summed E-state index contributed by atoms with van der Waals surface area (Å²) in [5.74, 6) is -1.24. The molecule has 1 fully saturated rings. The smallest absolute Gasteiger partial charge is 0.338 e. The number of ether oxygens (including phenoxy) is 1. The fraction of sp³-hybridized carbons (Fsp3) is 0.300. The Morgan fingerprint density at radius 1 is 1.07 bits per heavy atom. The van der Waals surface area contributed by atoms with Crippen LogP contribution in [0.25, 0.3) is 0 Å². The SMILES string of the molecule is CC(=O)N1CCN(S(=O)(=O)c2ccc(C(=O)OCc3ccc(F)cc3Cl)cc2)CC1. The Morgan fingerprint density at radius 2 is 1.70 bits per heavy atom. The van der Waals surface area contributed by atoms with E-state index in [-0.39, 0.29) is 41.1 Å². The van der Waals surface area contributed by atoms with Crippen LogP contribution in [0, 0.1) is 5.82 Å². The van der Waals surface area contributed by atoms with Crippen molar-refractivity contribution >= 4 is 33.5 Å². The molecule has 0 aromatic heterocycles. The van der Waals surface area contributed by atoms with E-state index in [0.717, 1.165) is 6.07 Å². The maximum atomic E-state index is 13.1. The predicted molar refractivity (Wildman–Crippen MR) is 108 cm³/mol. The lowest BCUT2D eigenvalue weighted by Crippen LogP contribution is -2.49. The topological polar surface area (TPSA) is 84.0 Å². The average Bonchev–Trinajstić information content (AvgIpc) is 2.73. The minimum Gasteiger partial charge on any atom is -0.457 e. The van der Waals surface area contributed by atoms with Crippen LogP contribution in [-0.4, -0.2) is 55.7 Å². The zero-order chi connectivity index (χ0) is 21.9. The molecule has 0 N–H and O–H groups in total. The number of hydrogen-bond donors (Lipinski definition) is 0. The zero-order valence-corrected chi connectivity index (χ0v) is 17.7. The third-order valence-corrected chi connectivity index (χ3v) is 7.05. The van der Waals surface area contributed by atoms with Gasteiger partial charge in [-0.05, 0) is 36.4 Å². The summed E-state index contributed by atoms with van der Waals surface area (Å²) in [6.45, 7) is 2.41. The molecule has 2 aromatic rings. The highest BCUT2D eigenvalue weighted by molar-refractivity contribution is 7.89. The van der Waals surface area contributed by atoms with Gasteiger partial charge in [0.25, 0.3) is 0 Å². The van der Waals surface area contributed by atoms with E-state index in [9.17, 15) is 22.4 Å². The lowest BCUT2D eigenvalue weighted by atomic mass is 10.2. The van der Waals surface area contributed by atoms with Gasteiger partial charge in [-0.15, -0.1) is 0 Å². The van der Waals surface area contributed by atoms with Gasteiger partial charge < -0.3 is 9.64 Å². The van der Waals surface area contributed by atoms with Crippen LogP contribution in [0.15, 0.2) is 47.4 Å². The second-order valence-corrected chi connectivity index (χ2v) is 9.09. The molecule has 0 radical (unpaired) electrons. The highest BCUT2D eigenvalue weighted by Crippen LogP contribution is 2.21. The zero-order valence-electron chi connectivity index (χ0n) is 16.2. The summed E-state index contributed by atoms with van der Waals surface area (Å²) in [6, 6.07) is 9.18. The van der Waals surface area contributed by atoms with Gasteiger partial charge in [-0.1, -0.05) is 17.7 Å². The van der Waals surface area contributed by atoms with Crippen molar-refractivity contribution in [1.82, 2.24) is 9.21 Å². The van der Waals surface area contributed by atoms with E-state index >= 15 is 0 Å². The number of carbonyl (C=O) groups excluding carboxylic acids is 2. The van der Waals surface area contributed by atoms with Gasteiger partial charge in [-0.3, -0.25) is 4.79 Å². The Morgan fingerprint density at radius 3 is 2.27 bits per heavy atom. The molecular weight excluding hydrogens is 435 g/mol. The van der Waals surface area contributed by atoms with Crippen molar-refractivity contribution in [2.75, 3.05) is 26.2 Å². The van der Waals surface area contributed by atoms with Gasteiger partial charge in [-0.25, -0.2) is 17.6 Å². The average molecular weight is 455 g/mol. The summed E-state index contributed by atoms with van der Waals surface area (Å²) < 4.78 is 45.1. The third-order valence-electron chi connectivity index (χ3n) is 4.79. The largest absolute Gasteiger partial charge is 0.457 e. The first-order valence-corrected chi connectivity index (χ1v) is 11.0. The molecule has 160 valence electrons. The first kappa shape index (κ1) is 22.2. The Hall–Kier alpha value is -2.49. The number of carbonyl (C=O) groups is 2. The Balaban J connectivity index is 1.63. The van der Waals surface area contributed by atoms with Gasteiger partial charge >= 0.3 is 5.97 Å². The van der Waals surface area contributed by atoms with Crippen LogP contribution in [0.4, 0.5) is 4.39 Å². The quantitative estimate of drug-likeness (QED) is 0.648. The predicted octanol–water partition coefficient (Wildman–Crippen LogP) is 2.69. The summed E-state index contributed by atoms with van der Waals surface area (Å²) in [7, 11) is -3.73. The van der Waals surface area contributed by atoms with Crippen molar-refractivity contribution in [3.05, 3.63) is 64.4 Å². The van der Waals surface area contributed by atoms with Crippen LogP contribution >= 0.6 is 11.6 Å². The number of piperazine rings is 1. The first-order valence-electron chi connectivity index (χ1n) is 9.15. The number of benzene rings is 2. The van der Waals surface area contributed by atoms with E-state index in [4.69, 9.17) is 16.3 Å². The number of hydrogen-bond acceptors (Lipinski definition) is 5. The molecule has 1 aliphatic rings. The monoisotopic (exact) mass is 454 g/mol. The van der Waals surface area contributed by atoms with Gasteiger partial charge in [0.2, 0.25) is 15.9 Å². The normalized spacial score (nSPS) is 15.1. The molecule has 3 rings (SSSR count). The maximum Gasteiger partial charge on any atom is 0.338 e. The van der Waals surface area contributed by atoms with Crippen molar-refractivity contribution in [3.8, 4) is 0 Å². The molecule has 0 spiro atoms. The van der Waals surface area contributed by atoms with Crippen molar-refractivity contribution in [2.24, 2.45) is 0 Å². The highest BCUT2D eigenvalue weighted by Gasteiger charge is 2.29. The summed E-state index contributed by atoms with van der Waals surface area (Å²) in [4.78, 5) is 25.3. The minimum absolute atomic E-state index is 0.0527. The molecule has 30 heavy (non-hydrogen) atoms. The number of halogens is 2. The molecular formula is C20H20ClFN2O5S. The van der Waals surface area contributed by atoms with Gasteiger partial charge in [0.1, 0.15) is 12.4 Å². The van der Waals surface area contributed by atoms with Crippen LogP contribution in [0.1, 0.15) is 22.8 Å². The molecule has 0 aliphatic carbocycles. The van der Waals surface area contributed by atoms with Crippen LogP contribution in [-0.2, 0) is 26.2 Å². The second kappa shape index (κ2) is 9.11. The fourth-order valence-electron chi connectivity index (χ4n) is 3.02. The van der Waals surface area contributed by atoms with Crippen LogP contribution in [0.5, 0.6) is 0 Å². The lowest BCUT2D eigenvalue weighted by Gasteiger charge is -2.33. The molecule has 7 nitrogen and oxygen atoms in total. The lowest BCUT2D eigenvalue weighted by molar-refractivity contribution is -0.129. The standard InChI is InChI=1S/C20H20ClFN2O5S/c1-14(25)23-8-10-24(11-9-23)30(27,28)18-6-3-15(4-7-18)20(26)29-13-16-2-5-17(22)12-19(16)21/h2-7,12H,8-11,13H2,1H3. The van der Waals surface area contributed by atoms with E-state index in [1.54, 1.807) is 4.90 Å². The van der Waals surface area contributed by atoms with Crippen LogP contribution in [0.3, 0.4) is 0 Å². The molecule has 1 heterocycles.